The van der Waals surface area contributed by atoms with Gasteiger partial charge < -0.3 is 10.1 Å². The van der Waals surface area contributed by atoms with E-state index < -0.39 is 0 Å². The monoisotopic (exact) mass is 263 g/mol. The summed E-state index contributed by atoms with van der Waals surface area (Å²) < 4.78 is 5.53. The second-order valence-corrected chi connectivity index (χ2v) is 4.76. The van der Waals surface area contributed by atoms with E-state index in [4.69, 9.17) is 4.74 Å². The average molecular weight is 263 g/mol. The van der Waals surface area contributed by atoms with Gasteiger partial charge in [0.15, 0.2) is 0 Å². The van der Waals surface area contributed by atoms with Crippen LogP contribution in [0.2, 0.25) is 0 Å². The molecule has 3 nitrogen and oxygen atoms in total. The Balaban J connectivity index is 0.000000258. The van der Waals surface area contributed by atoms with Gasteiger partial charge in [-0.1, -0.05) is 32.9 Å². The molecule has 0 aromatic heterocycles. The van der Waals surface area contributed by atoms with E-state index >= 15 is 0 Å². The van der Waals surface area contributed by atoms with E-state index in [-0.39, 0.29) is 5.91 Å². The molecule has 3 heteroatoms. The third-order valence-electron chi connectivity index (χ3n) is 3.52. The number of rotatable bonds is 3. The zero-order chi connectivity index (χ0) is 14.3. The minimum Gasteiger partial charge on any atom is -0.493 e. The Hall–Kier alpha value is -1.51. The van der Waals surface area contributed by atoms with Crippen molar-refractivity contribution in [1.82, 2.24) is 5.32 Å². The van der Waals surface area contributed by atoms with Crippen molar-refractivity contribution < 1.29 is 9.53 Å². The topological polar surface area (TPSA) is 38.3 Å². The number of fused-ring (bicyclic) bond motifs is 1. The van der Waals surface area contributed by atoms with Crippen molar-refractivity contribution in [2.75, 3.05) is 13.7 Å². The molecule has 1 N–H and O–H groups in total. The standard InChI is InChI=1S/C12H16O.C4H9NO/c1-3-9(2)10-5-4-6-12-11(10)7-8-13-12;1-3-4(6)5-2/h4-6,9H,3,7-8H2,1-2H3;3H2,1-2H3,(H,5,6). The first-order valence-electron chi connectivity index (χ1n) is 7.09. The number of hydrogen-bond acceptors (Lipinski definition) is 2. The molecule has 1 aliphatic heterocycles. The van der Waals surface area contributed by atoms with Gasteiger partial charge in [0, 0.05) is 25.5 Å². The minimum atomic E-state index is 0.0926. The van der Waals surface area contributed by atoms with Crippen molar-refractivity contribution in [3.05, 3.63) is 29.3 Å². The lowest BCUT2D eigenvalue weighted by Crippen LogP contribution is -2.15. The van der Waals surface area contributed by atoms with Crippen LogP contribution in [0.25, 0.3) is 0 Å². The zero-order valence-corrected chi connectivity index (χ0v) is 12.5. The Morgan fingerprint density at radius 3 is 2.68 bits per heavy atom. The number of benzene rings is 1. The van der Waals surface area contributed by atoms with Crippen LogP contribution in [-0.2, 0) is 11.2 Å². The fraction of sp³-hybridized carbons (Fsp3) is 0.562. The SMILES string of the molecule is CCC(=O)NC.CCC(C)c1cccc2c1CCO2. The molecule has 106 valence electrons. The summed E-state index contributed by atoms with van der Waals surface area (Å²) in [7, 11) is 1.63. The van der Waals surface area contributed by atoms with Crippen LogP contribution in [0.15, 0.2) is 18.2 Å². The summed E-state index contributed by atoms with van der Waals surface area (Å²) in [6, 6.07) is 6.42. The Morgan fingerprint density at radius 2 is 2.16 bits per heavy atom. The molecular weight excluding hydrogens is 238 g/mol. The van der Waals surface area contributed by atoms with Crippen LogP contribution in [-0.4, -0.2) is 19.6 Å². The van der Waals surface area contributed by atoms with E-state index in [0.29, 0.717) is 12.3 Å². The van der Waals surface area contributed by atoms with Crippen molar-refractivity contribution in [2.24, 2.45) is 0 Å². The molecular formula is C16H25NO2. The molecule has 1 unspecified atom stereocenters. The fourth-order valence-electron chi connectivity index (χ4n) is 2.11. The quantitative estimate of drug-likeness (QED) is 0.909. The van der Waals surface area contributed by atoms with Crippen LogP contribution in [0.4, 0.5) is 0 Å². The second-order valence-electron chi connectivity index (χ2n) is 4.76. The lowest BCUT2D eigenvalue weighted by molar-refractivity contribution is -0.120. The summed E-state index contributed by atoms with van der Waals surface area (Å²) in [5.41, 5.74) is 2.93. The molecule has 1 aromatic rings. The summed E-state index contributed by atoms with van der Waals surface area (Å²) in [5.74, 6) is 1.87. The molecule has 19 heavy (non-hydrogen) atoms. The highest BCUT2D eigenvalue weighted by molar-refractivity contribution is 5.74. The molecule has 0 saturated carbocycles. The third-order valence-corrected chi connectivity index (χ3v) is 3.52. The highest BCUT2D eigenvalue weighted by Crippen LogP contribution is 2.33. The average Bonchev–Trinajstić information content (AvgIpc) is 2.94. The third kappa shape index (κ3) is 4.27. The van der Waals surface area contributed by atoms with Crippen molar-refractivity contribution in [2.45, 2.75) is 46.0 Å². The molecule has 1 amide bonds. The zero-order valence-electron chi connectivity index (χ0n) is 12.5. The molecule has 1 atom stereocenters. The first-order chi connectivity index (χ1) is 9.13. The predicted molar refractivity (Wildman–Crippen MR) is 78.7 cm³/mol. The summed E-state index contributed by atoms with van der Waals surface area (Å²) in [5, 5.41) is 2.48. The molecule has 1 aliphatic rings. The molecule has 0 aliphatic carbocycles. The molecule has 0 spiro atoms. The molecule has 0 saturated heterocycles. The minimum absolute atomic E-state index is 0.0926. The number of nitrogens with one attached hydrogen (secondary N) is 1. The first kappa shape index (κ1) is 15.5. The summed E-state index contributed by atoms with van der Waals surface area (Å²) in [4.78, 5) is 10.1. The Bertz CT molecular complexity index is 409. The van der Waals surface area contributed by atoms with E-state index in [1.807, 2.05) is 6.92 Å². The Morgan fingerprint density at radius 1 is 1.42 bits per heavy atom. The second kappa shape index (κ2) is 7.82. The van der Waals surface area contributed by atoms with Crippen LogP contribution < -0.4 is 10.1 Å². The summed E-state index contributed by atoms with van der Waals surface area (Å²) in [6.07, 6.45) is 2.88. The molecule has 0 radical (unpaired) electrons. The number of ether oxygens (including phenoxy) is 1. The lowest BCUT2D eigenvalue weighted by Gasteiger charge is -2.12. The maximum Gasteiger partial charge on any atom is 0.219 e. The van der Waals surface area contributed by atoms with Crippen LogP contribution in [0.3, 0.4) is 0 Å². The van der Waals surface area contributed by atoms with Crippen LogP contribution in [0.1, 0.15) is 50.7 Å². The lowest BCUT2D eigenvalue weighted by atomic mass is 9.92. The van der Waals surface area contributed by atoms with Gasteiger partial charge >= 0.3 is 0 Å². The maximum absolute atomic E-state index is 10.1. The molecule has 2 rings (SSSR count). The van der Waals surface area contributed by atoms with Gasteiger partial charge in [-0.15, -0.1) is 0 Å². The Kier molecular flexibility index (Phi) is 6.40. The van der Waals surface area contributed by atoms with Gasteiger partial charge in [0.05, 0.1) is 6.61 Å². The number of amides is 1. The van der Waals surface area contributed by atoms with Crippen LogP contribution in [0, 0.1) is 0 Å². The largest absolute Gasteiger partial charge is 0.493 e. The maximum atomic E-state index is 10.1. The molecule has 0 fully saturated rings. The van der Waals surface area contributed by atoms with E-state index in [0.717, 1.165) is 18.8 Å². The molecule has 1 aromatic carbocycles. The van der Waals surface area contributed by atoms with Gasteiger partial charge in [0.25, 0.3) is 0 Å². The number of carbonyl (C=O) groups is 1. The van der Waals surface area contributed by atoms with Crippen molar-refractivity contribution >= 4 is 5.91 Å². The van der Waals surface area contributed by atoms with Gasteiger partial charge in [-0.25, -0.2) is 0 Å². The van der Waals surface area contributed by atoms with E-state index in [9.17, 15) is 4.79 Å². The number of hydrogen-bond donors (Lipinski definition) is 1. The normalized spacial score (nSPS) is 13.7. The van der Waals surface area contributed by atoms with Crippen molar-refractivity contribution in [1.29, 1.82) is 0 Å². The van der Waals surface area contributed by atoms with Crippen molar-refractivity contribution in [3.63, 3.8) is 0 Å². The van der Waals surface area contributed by atoms with Gasteiger partial charge in [0.1, 0.15) is 5.75 Å². The van der Waals surface area contributed by atoms with E-state index in [1.54, 1.807) is 7.05 Å². The molecule has 1 heterocycles. The van der Waals surface area contributed by atoms with Crippen LogP contribution >= 0.6 is 0 Å². The highest BCUT2D eigenvalue weighted by atomic mass is 16.5. The van der Waals surface area contributed by atoms with Crippen LogP contribution in [0.5, 0.6) is 5.75 Å². The first-order valence-corrected chi connectivity index (χ1v) is 7.09. The van der Waals surface area contributed by atoms with Gasteiger partial charge in [-0.3, -0.25) is 4.79 Å². The predicted octanol–water partition coefficient (Wildman–Crippen LogP) is 3.28. The molecule has 0 bridgehead atoms. The summed E-state index contributed by atoms with van der Waals surface area (Å²) in [6.45, 7) is 7.20. The van der Waals surface area contributed by atoms with Gasteiger partial charge in [0.2, 0.25) is 5.91 Å². The van der Waals surface area contributed by atoms with E-state index in [2.05, 4.69) is 37.4 Å². The van der Waals surface area contributed by atoms with Gasteiger partial charge in [-0.2, -0.15) is 0 Å². The number of carbonyl (C=O) groups excluding carboxylic acids is 1. The highest BCUT2D eigenvalue weighted by Gasteiger charge is 2.17. The van der Waals surface area contributed by atoms with Gasteiger partial charge in [-0.05, 0) is 24.0 Å². The smallest absolute Gasteiger partial charge is 0.219 e. The van der Waals surface area contributed by atoms with E-state index in [1.165, 1.54) is 17.5 Å². The van der Waals surface area contributed by atoms with Crippen molar-refractivity contribution in [3.8, 4) is 5.75 Å². The Labute approximate surface area is 116 Å². The fourth-order valence-corrected chi connectivity index (χ4v) is 2.11. The summed E-state index contributed by atoms with van der Waals surface area (Å²) >= 11 is 0.